The van der Waals surface area contributed by atoms with Gasteiger partial charge in [-0.25, -0.2) is 4.79 Å². The van der Waals surface area contributed by atoms with Crippen molar-refractivity contribution in [1.82, 2.24) is 0 Å². The van der Waals surface area contributed by atoms with Gasteiger partial charge in [-0.1, -0.05) is 56.2 Å². The molecule has 3 aromatic carbocycles. The van der Waals surface area contributed by atoms with Crippen molar-refractivity contribution in [3.8, 4) is 16.9 Å². The maximum Gasteiger partial charge on any atom is 0.573 e. The molecule has 0 saturated carbocycles. The standard InChI is InChI=1S/C27H26F3NO4/c1-3-4-5-6-19-7-13-22(14-8-19)31(25(32)26(33)34-2)23-15-9-20(10-16-23)21-11-17-24(18-12-21)35-27(28,29)30/h7-18H,3-6H2,1-2H3. The van der Waals surface area contributed by atoms with Crippen molar-refractivity contribution in [3.63, 3.8) is 0 Å². The fourth-order valence-electron chi connectivity index (χ4n) is 3.60. The van der Waals surface area contributed by atoms with Gasteiger partial charge in [-0.2, -0.15) is 0 Å². The second-order valence-electron chi connectivity index (χ2n) is 7.87. The van der Waals surface area contributed by atoms with Crippen LogP contribution in [-0.2, 0) is 20.7 Å². The van der Waals surface area contributed by atoms with Crippen LogP contribution >= 0.6 is 0 Å². The number of rotatable bonds is 8. The van der Waals surface area contributed by atoms with E-state index in [1.807, 2.05) is 12.1 Å². The maximum atomic E-state index is 12.8. The molecule has 3 rings (SSSR count). The highest BCUT2D eigenvalue weighted by Crippen LogP contribution is 2.31. The van der Waals surface area contributed by atoms with Gasteiger partial charge in [0.2, 0.25) is 0 Å². The van der Waals surface area contributed by atoms with E-state index < -0.39 is 18.2 Å². The zero-order valence-corrected chi connectivity index (χ0v) is 19.5. The van der Waals surface area contributed by atoms with Crippen LogP contribution in [0.15, 0.2) is 72.8 Å². The van der Waals surface area contributed by atoms with Crippen LogP contribution < -0.4 is 9.64 Å². The second kappa shape index (κ2) is 11.6. The number of ether oxygens (including phenoxy) is 2. The van der Waals surface area contributed by atoms with Crippen molar-refractivity contribution in [3.05, 3.63) is 78.4 Å². The molecule has 0 aromatic heterocycles. The van der Waals surface area contributed by atoms with Crippen molar-refractivity contribution in [2.24, 2.45) is 0 Å². The number of halogens is 3. The summed E-state index contributed by atoms with van der Waals surface area (Å²) >= 11 is 0. The molecule has 0 spiro atoms. The zero-order chi connectivity index (χ0) is 25.4. The summed E-state index contributed by atoms with van der Waals surface area (Å²) in [5.74, 6) is -2.15. The number of esters is 1. The van der Waals surface area contributed by atoms with Crippen molar-refractivity contribution >= 4 is 23.3 Å². The van der Waals surface area contributed by atoms with Crippen LogP contribution in [0.5, 0.6) is 5.75 Å². The topological polar surface area (TPSA) is 55.8 Å². The van der Waals surface area contributed by atoms with Crippen LogP contribution in [0, 0.1) is 0 Å². The van der Waals surface area contributed by atoms with Crippen molar-refractivity contribution < 1.29 is 32.2 Å². The highest BCUT2D eigenvalue weighted by atomic mass is 19.4. The summed E-state index contributed by atoms with van der Waals surface area (Å²) < 4.78 is 45.7. The van der Waals surface area contributed by atoms with E-state index in [9.17, 15) is 22.8 Å². The highest BCUT2D eigenvalue weighted by Gasteiger charge is 2.31. The maximum absolute atomic E-state index is 12.8. The molecule has 5 nitrogen and oxygen atoms in total. The predicted molar refractivity (Wildman–Crippen MR) is 127 cm³/mol. The third kappa shape index (κ3) is 7.09. The summed E-state index contributed by atoms with van der Waals surface area (Å²) in [5, 5.41) is 0. The van der Waals surface area contributed by atoms with Crippen molar-refractivity contribution in [2.45, 2.75) is 39.0 Å². The Balaban J connectivity index is 1.85. The van der Waals surface area contributed by atoms with Gasteiger partial charge in [0.05, 0.1) is 7.11 Å². The second-order valence-corrected chi connectivity index (χ2v) is 7.87. The summed E-state index contributed by atoms with van der Waals surface area (Å²) in [6, 6.07) is 19.6. The lowest BCUT2D eigenvalue weighted by molar-refractivity contribution is -0.274. The van der Waals surface area contributed by atoms with Gasteiger partial charge in [-0.3, -0.25) is 9.69 Å². The van der Waals surface area contributed by atoms with E-state index >= 15 is 0 Å². The Bertz CT molecular complexity index is 1130. The molecular formula is C27H26F3NO4. The average Bonchev–Trinajstić information content (AvgIpc) is 2.84. The largest absolute Gasteiger partial charge is 0.573 e. The number of nitrogens with zero attached hydrogens (tertiary/aromatic N) is 1. The van der Waals surface area contributed by atoms with Gasteiger partial charge in [0.15, 0.2) is 0 Å². The van der Waals surface area contributed by atoms with Crippen LogP contribution in [-0.4, -0.2) is 25.3 Å². The van der Waals surface area contributed by atoms with Gasteiger partial charge in [0.1, 0.15) is 5.75 Å². The summed E-state index contributed by atoms with van der Waals surface area (Å²) in [5.41, 5.74) is 3.47. The molecule has 0 heterocycles. The van der Waals surface area contributed by atoms with Crippen molar-refractivity contribution in [1.29, 1.82) is 0 Å². The number of carbonyl (C=O) groups is 2. The number of carbonyl (C=O) groups excluding carboxylic acids is 2. The normalized spacial score (nSPS) is 11.1. The Morgan fingerprint density at radius 1 is 0.800 bits per heavy atom. The number of aryl methyl sites for hydroxylation is 1. The zero-order valence-electron chi connectivity index (χ0n) is 19.5. The van der Waals surface area contributed by atoms with Crippen molar-refractivity contribution in [2.75, 3.05) is 12.0 Å². The Morgan fingerprint density at radius 2 is 1.31 bits per heavy atom. The predicted octanol–water partition coefficient (Wildman–Crippen LogP) is 6.82. The number of methoxy groups -OCH3 is 1. The molecule has 0 unspecified atom stereocenters. The number of hydrogen-bond donors (Lipinski definition) is 0. The first-order valence-corrected chi connectivity index (χ1v) is 11.2. The minimum absolute atomic E-state index is 0.314. The van der Waals surface area contributed by atoms with Crippen LogP contribution in [0.3, 0.4) is 0 Å². The third-order valence-corrected chi connectivity index (χ3v) is 5.37. The van der Waals surface area contributed by atoms with E-state index in [1.54, 1.807) is 36.4 Å². The fraction of sp³-hybridized carbons (Fsp3) is 0.259. The molecule has 184 valence electrons. The van der Waals surface area contributed by atoms with E-state index in [4.69, 9.17) is 0 Å². The molecule has 0 aliphatic rings. The fourth-order valence-corrected chi connectivity index (χ4v) is 3.60. The first kappa shape index (κ1) is 25.8. The van der Waals surface area contributed by atoms with Gasteiger partial charge < -0.3 is 9.47 Å². The molecule has 0 aliphatic heterocycles. The van der Waals surface area contributed by atoms with E-state index in [0.717, 1.165) is 38.4 Å². The average molecular weight is 486 g/mol. The number of alkyl halides is 3. The van der Waals surface area contributed by atoms with E-state index in [-0.39, 0.29) is 5.75 Å². The van der Waals surface area contributed by atoms with Gasteiger partial charge in [0.25, 0.3) is 0 Å². The van der Waals surface area contributed by atoms with E-state index in [2.05, 4.69) is 16.4 Å². The van der Waals surface area contributed by atoms with Gasteiger partial charge in [-0.15, -0.1) is 13.2 Å². The first-order chi connectivity index (χ1) is 16.7. The molecular weight excluding hydrogens is 459 g/mol. The molecule has 0 aliphatic carbocycles. The molecule has 0 bridgehead atoms. The quantitative estimate of drug-likeness (QED) is 0.200. The minimum atomic E-state index is -4.76. The first-order valence-electron chi connectivity index (χ1n) is 11.2. The van der Waals surface area contributed by atoms with Crippen LogP contribution in [0.2, 0.25) is 0 Å². The van der Waals surface area contributed by atoms with Crippen LogP contribution in [0.4, 0.5) is 24.5 Å². The molecule has 8 heteroatoms. The Morgan fingerprint density at radius 3 is 1.80 bits per heavy atom. The lowest BCUT2D eigenvalue weighted by Crippen LogP contribution is -2.33. The van der Waals surface area contributed by atoms with Gasteiger partial charge in [0, 0.05) is 11.4 Å². The van der Waals surface area contributed by atoms with E-state index in [1.165, 1.54) is 29.2 Å². The molecule has 1 amide bonds. The number of benzene rings is 3. The lowest BCUT2D eigenvalue weighted by Gasteiger charge is -2.22. The Hall–Kier alpha value is -3.81. The summed E-state index contributed by atoms with van der Waals surface area (Å²) in [4.78, 5) is 26.1. The van der Waals surface area contributed by atoms with Gasteiger partial charge >= 0.3 is 18.2 Å². The lowest BCUT2D eigenvalue weighted by atomic mass is 10.0. The molecule has 0 radical (unpaired) electrons. The minimum Gasteiger partial charge on any atom is -0.462 e. The molecule has 0 saturated heterocycles. The number of unbranched alkanes of at least 4 members (excludes halogenated alkanes) is 2. The molecule has 0 fully saturated rings. The Labute approximate surface area is 202 Å². The van der Waals surface area contributed by atoms with Crippen LogP contribution in [0.25, 0.3) is 11.1 Å². The van der Waals surface area contributed by atoms with Gasteiger partial charge in [-0.05, 0) is 65.9 Å². The third-order valence-electron chi connectivity index (χ3n) is 5.37. The molecule has 0 N–H and O–H groups in total. The Kier molecular flexibility index (Phi) is 8.52. The number of hydrogen-bond acceptors (Lipinski definition) is 4. The smallest absolute Gasteiger partial charge is 0.462 e. The molecule has 0 atom stereocenters. The monoisotopic (exact) mass is 485 g/mol. The SMILES string of the molecule is CCCCCc1ccc(N(C(=O)C(=O)OC)c2ccc(-c3ccc(OC(F)(F)F)cc3)cc2)cc1. The van der Waals surface area contributed by atoms with Crippen LogP contribution in [0.1, 0.15) is 31.7 Å². The number of anilines is 2. The highest BCUT2D eigenvalue weighted by molar-refractivity contribution is 6.39. The number of amides is 1. The summed E-state index contributed by atoms with van der Waals surface area (Å²) in [6.07, 6.45) is -0.488. The molecule has 35 heavy (non-hydrogen) atoms. The summed E-state index contributed by atoms with van der Waals surface area (Å²) in [6.45, 7) is 2.14. The molecule has 3 aromatic rings. The van der Waals surface area contributed by atoms with E-state index in [0.29, 0.717) is 22.5 Å². The summed E-state index contributed by atoms with van der Waals surface area (Å²) in [7, 11) is 1.14.